The number of amides is 2. The van der Waals surface area contributed by atoms with E-state index in [4.69, 9.17) is 11.6 Å². The number of nitro groups is 1. The number of carbonyl (C=O) groups is 2. The van der Waals surface area contributed by atoms with Crippen LogP contribution >= 0.6 is 11.6 Å². The first-order chi connectivity index (χ1) is 17.4. The van der Waals surface area contributed by atoms with Crippen molar-refractivity contribution in [1.82, 2.24) is 0 Å². The van der Waals surface area contributed by atoms with Crippen LogP contribution in [-0.4, -0.2) is 16.7 Å². The molecular formula is C28H16ClN3O4. The zero-order valence-electron chi connectivity index (χ0n) is 18.6. The number of hydrogen-bond donors (Lipinski definition) is 1. The molecule has 0 saturated heterocycles. The van der Waals surface area contributed by atoms with Crippen molar-refractivity contribution in [2.75, 3.05) is 10.2 Å². The summed E-state index contributed by atoms with van der Waals surface area (Å²) in [5, 5.41) is 18.0. The molecule has 1 aliphatic heterocycles. The van der Waals surface area contributed by atoms with Crippen molar-refractivity contribution >= 4 is 67.7 Å². The average molecular weight is 494 g/mol. The Labute approximate surface area is 209 Å². The zero-order chi connectivity index (χ0) is 25.0. The van der Waals surface area contributed by atoms with Crippen molar-refractivity contribution < 1.29 is 14.5 Å². The minimum Gasteiger partial charge on any atom is -0.349 e. The molecule has 0 fully saturated rings. The van der Waals surface area contributed by atoms with Gasteiger partial charge in [-0.2, -0.15) is 0 Å². The zero-order valence-corrected chi connectivity index (χ0v) is 19.3. The molecule has 36 heavy (non-hydrogen) atoms. The van der Waals surface area contributed by atoms with Crippen LogP contribution in [0.3, 0.4) is 0 Å². The Morgan fingerprint density at radius 2 is 1.47 bits per heavy atom. The maximum absolute atomic E-state index is 13.8. The lowest BCUT2D eigenvalue weighted by molar-refractivity contribution is -0.383. The molecule has 0 bridgehead atoms. The van der Waals surface area contributed by atoms with Crippen LogP contribution in [0.25, 0.3) is 21.5 Å². The number of carbonyl (C=O) groups excluding carboxylic acids is 2. The lowest BCUT2D eigenvalue weighted by atomic mass is 9.91. The van der Waals surface area contributed by atoms with Crippen LogP contribution in [0, 0.1) is 10.1 Å². The number of hydrogen-bond acceptors (Lipinski definition) is 5. The van der Waals surface area contributed by atoms with E-state index in [1.165, 1.54) is 6.07 Å². The molecule has 0 aliphatic carbocycles. The molecule has 1 aliphatic rings. The summed E-state index contributed by atoms with van der Waals surface area (Å²) in [7, 11) is 0. The Morgan fingerprint density at radius 3 is 2.28 bits per heavy atom. The molecule has 0 radical (unpaired) electrons. The van der Waals surface area contributed by atoms with Gasteiger partial charge in [-0.1, -0.05) is 66.2 Å². The second-order valence-corrected chi connectivity index (χ2v) is 8.82. The smallest absolute Gasteiger partial charge is 0.294 e. The summed E-state index contributed by atoms with van der Waals surface area (Å²) in [5.74, 6) is -1.10. The predicted octanol–water partition coefficient (Wildman–Crippen LogP) is 7.10. The van der Waals surface area contributed by atoms with Gasteiger partial charge in [0.05, 0.1) is 16.2 Å². The summed E-state index contributed by atoms with van der Waals surface area (Å²) >= 11 is 6.10. The van der Waals surface area contributed by atoms with Crippen molar-refractivity contribution in [2.24, 2.45) is 0 Å². The molecule has 7 nitrogen and oxygen atoms in total. The number of fused-ring (bicyclic) bond motifs is 1. The number of nitrogens with one attached hydrogen (secondary N) is 1. The second kappa shape index (κ2) is 8.18. The van der Waals surface area contributed by atoms with Gasteiger partial charge in [0.25, 0.3) is 17.5 Å². The van der Waals surface area contributed by atoms with Crippen LogP contribution in [0.15, 0.2) is 91.0 Å². The quantitative estimate of drug-likeness (QED) is 0.164. The fraction of sp³-hybridized carbons (Fsp3) is 0. The van der Waals surface area contributed by atoms with Crippen LogP contribution in [0.1, 0.15) is 20.7 Å². The first-order valence-electron chi connectivity index (χ1n) is 11.1. The molecule has 0 aromatic heterocycles. The van der Waals surface area contributed by atoms with Gasteiger partial charge in [-0.25, -0.2) is 4.90 Å². The van der Waals surface area contributed by atoms with E-state index >= 15 is 0 Å². The van der Waals surface area contributed by atoms with Gasteiger partial charge in [0, 0.05) is 38.5 Å². The van der Waals surface area contributed by atoms with Crippen LogP contribution in [-0.2, 0) is 0 Å². The normalized spacial score (nSPS) is 12.9. The van der Waals surface area contributed by atoms with E-state index in [0.29, 0.717) is 32.7 Å². The van der Waals surface area contributed by atoms with Gasteiger partial charge in [-0.05, 0) is 35.7 Å². The van der Waals surface area contributed by atoms with Gasteiger partial charge in [0.1, 0.15) is 5.69 Å². The first-order valence-corrected chi connectivity index (χ1v) is 11.4. The summed E-state index contributed by atoms with van der Waals surface area (Å²) in [5.41, 5.74) is 1.25. The standard InChI is InChI=1S/C28H16ClN3O4/c29-17-8-4-9-18(14-17)30-26-20-11-5-12-21-25(20)22(15-24(26)32(35)36)28(34)31(27(21)33)23-13-3-7-16-6-1-2-10-19(16)23/h1-15,30H. The highest BCUT2D eigenvalue weighted by molar-refractivity contribution is 6.38. The fourth-order valence-corrected chi connectivity index (χ4v) is 4.95. The maximum atomic E-state index is 13.8. The molecule has 174 valence electrons. The Balaban J connectivity index is 1.60. The third-order valence-corrected chi connectivity index (χ3v) is 6.54. The van der Waals surface area contributed by atoms with Gasteiger partial charge in [-0.3, -0.25) is 19.7 Å². The first kappa shape index (κ1) is 21.8. The molecular weight excluding hydrogens is 478 g/mol. The summed E-state index contributed by atoms with van der Waals surface area (Å²) in [6.07, 6.45) is 0. The minimum atomic E-state index is -0.613. The summed E-state index contributed by atoms with van der Waals surface area (Å²) < 4.78 is 0. The van der Waals surface area contributed by atoms with E-state index in [-0.39, 0.29) is 16.9 Å². The monoisotopic (exact) mass is 493 g/mol. The van der Waals surface area contributed by atoms with Crippen molar-refractivity contribution in [3.8, 4) is 0 Å². The predicted molar refractivity (Wildman–Crippen MR) is 140 cm³/mol. The lowest BCUT2D eigenvalue weighted by Gasteiger charge is -2.28. The molecule has 1 heterocycles. The van der Waals surface area contributed by atoms with E-state index in [9.17, 15) is 19.7 Å². The average Bonchev–Trinajstić information content (AvgIpc) is 2.88. The third-order valence-electron chi connectivity index (χ3n) is 6.31. The van der Waals surface area contributed by atoms with E-state index in [0.717, 1.165) is 15.7 Å². The molecule has 0 saturated carbocycles. The molecule has 0 atom stereocenters. The molecule has 6 rings (SSSR count). The van der Waals surface area contributed by atoms with Crippen molar-refractivity contribution in [1.29, 1.82) is 0 Å². The number of rotatable bonds is 4. The van der Waals surface area contributed by atoms with Gasteiger partial charge in [-0.15, -0.1) is 0 Å². The topological polar surface area (TPSA) is 92.5 Å². The van der Waals surface area contributed by atoms with Crippen molar-refractivity contribution in [3.05, 3.63) is 117 Å². The molecule has 8 heteroatoms. The number of nitro benzene ring substituents is 1. The highest BCUT2D eigenvalue weighted by Gasteiger charge is 2.37. The number of benzene rings is 5. The highest BCUT2D eigenvalue weighted by atomic mass is 35.5. The molecule has 5 aromatic rings. The lowest BCUT2D eigenvalue weighted by Crippen LogP contribution is -2.40. The fourth-order valence-electron chi connectivity index (χ4n) is 4.76. The van der Waals surface area contributed by atoms with Crippen LogP contribution < -0.4 is 10.2 Å². The molecule has 1 N–H and O–H groups in total. The van der Waals surface area contributed by atoms with Gasteiger partial charge < -0.3 is 5.32 Å². The van der Waals surface area contributed by atoms with Gasteiger partial charge in [0.2, 0.25) is 0 Å². The second-order valence-electron chi connectivity index (χ2n) is 8.38. The van der Waals surface area contributed by atoms with Crippen LogP contribution in [0.2, 0.25) is 5.02 Å². The molecule has 5 aromatic carbocycles. The molecule has 0 spiro atoms. The number of imide groups is 1. The van der Waals surface area contributed by atoms with E-state index in [1.54, 1.807) is 54.6 Å². The van der Waals surface area contributed by atoms with Gasteiger partial charge in [0.15, 0.2) is 0 Å². The Morgan fingerprint density at radius 1 is 0.778 bits per heavy atom. The largest absolute Gasteiger partial charge is 0.349 e. The summed E-state index contributed by atoms with van der Waals surface area (Å²) in [4.78, 5) is 40.2. The van der Waals surface area contributed by atoms with Gasteiger partial charge >= 0.3 is 0 Å². The van der Waals surface area contributed by atoms with E-state index in [1.807, 2.05) is 30.3 Å². The van der Waals surface area contributed by atoms with Crippen molar-refractivity contribution in [2.45, 2.75) is 0 Å². The highest BCUT2D eigenvalue weighted by Crippen LogP contribution is 2.43. The third kappa shape index (κ3) is 3.29. The molecule has 2 amide bonds. The number of anilines is 3. The SMILES string of the molecule is O=C1c2cccc3c(Nc4cccc(Cl)c4)c([N+](=O)[O-])cc(c23)C(=O)N1c1cccc2ccccc12. The van der Waals surface area contributed by atoms with E-state index in [2.05, 4.69) is 5.32 Å². The van der Waals surface area contributed by atoms with Crippen molar-refractivity contribution in [3.63, 3.8) is 0 Å². The molecule has 0 unspecified atom stereocenters. The van der Waals surface area contributed by atoms with E-state index < -0.39 is 16.7 Å². The number of halogens is 1. The minimum absolute atomic E-state index is 0.0940. The summed E-state index contributed by atoms with van der Waals surface area (Å²) in [6, 6.07) is 25.8. The summed E-state index contributed by atoms with van der Waals surface area (Å²) in [6.45, 7) is 0. The number of nitrogens with zero attached hydrogens (tertiary/aromatic N) is 2. The Hall–Kier alpha value is -4.75. The Kier molecular flexibility index (Phi) is 4.94. The van der Waals surface area contributed by atoms with Crippen LogP contribution in [0.5, 0.6) is 0 Å². The van der Waals surface area contributed by atoms with Crippen LogP contribution in [0.4, 0.5) is 22.7 Å². The Bertz CT molecular complexity index is 1760. The maximum Gasteiger partial charge on any atom is 0.294 e.